The molecule has 0 aromatic carbocycles. The van der Waals surface area contributed by atoms with Crippen LogP contribution in [0.1, 0.15) is 0 Å². The zero-order valence-electron chi connectivity index (χ0n) is 8.54. The third-order valence-corrected chi connectivity index (χ3v) is 2.31. The van der Waals surface area contributed by atoms with Crippen LogP contribution in [0.15, 0.2) is 0 Å². The van der Waals surface area contributed by atoms with Gasteiger partial charge in [-0.2, -0.15) is 0 Å². The number of hydrogen-bond donors (Lipinski definition) is 0. The molecule has 0 radical (unpaired) electrons. The van der Waals surface area contributed by atoms with Crippen LogP contribution in [0, 0.1) is 5.41 Å². The Labute approximate surface area is 79.1 Å². The molecule has 13 heavy (non-hydrogen) atoms. The first-order chi connectivity index (χ1) is 6.29. The van der Waals surface area contributed by atoms with Crippen LogP contribution in [0.25, 0.3) is 0 Å². The molecule has 78 valence electrons. The van der Waals surface area contributed by atoms with Gasteiger partial charge in [0.1, 0.15) is 0 Å². The van der Waals surface area contributed by atoms with Crippen LogP contribution >= 0.6 is 0 Å². The number of ether oxygens (including phenoxy) is 4. The van der Waals surface area contributed by atoms with Gasteiger partial charge in [-0.25, -0.2) is 0 Å². The van der Waals surface area contributed by atoms with E-state index in [1.807, 2.05) is 0 Å². The summed E-state index contributed by atoms with van der Waals surface area (Å²) in [4.78, 5) is 0. The summed E-state index contributed by atoms with van der Waals surface area (Å²) in [5, 5.41) is 0. The molecule has 4 nitrogen and oxygen atoms in total. The molecular formula is C9H18O4. The van der Waals surface area contributed by atoms with Crippen molar-refractivity contribution in [3.63, 3.8) is 0 Å². The van der Waals surface area contributed by atoms with Gasteiger partial charge < -0.3 is 18.9 Å². The molecular weight excluding hydrogens is 172 g/mol. The molecule has 0 aromatic rings. The van der Waals surface area contributed by atoms with Gasteiger partial charge in [-0.1, -0.05) is 0 Å². The first-order valence-corrected chi connectivity index (χ1v) is 4.37. The van der Waals surface area contributed by atoms with Gasteiger partial charge in [0, 0.05) is 21.3 Å². The van der Waals surface area contributed by atoms with Gasteiger partial charge in [0.2, 0.25) is 0 Å². The Balaban J connectivity index is 2.54. The Hall–Kier alpha value is -0.160. The summed E-state index contributed by atoms with van der Waals surface area (Å²) >= 11 is 0. The molecule has 1 unspecified atom stereocenters. The molecule has 0 N–H and O–H groups in total. The summed E-state index contributed by atoms with van der Waals surface area (Å²) < 4.78 is 20.8. The van der Waals surface area contributed by atoms with Crippen molar-refractivity contribution in [3.8, 4) is 0 Å². The van der Waals surface area contributed by atoms with Gasteiger partial charge in [-0.05, 0) is 0 Å². The number of rotatable bonds is 7. The minimum Gasteiger partial charge on any atom is -0.384 e. The van der Waals surface area contributed by atoms with Crippen molar-refractivity contribution in [1.29, 1.82) is 0 Å². The van der Waals surface area contributed by atoms with Gasteiger partial charge in [-0.3, -0.25) is 0 Å². The number of hydrogen-bond acceptors (Lipinski definition) is 4. The average molecular weight is 190 g/mol. The molecule has 1 heterocycles. The van der Waals surface area contributed by atoms with E-state index in [0.717, 1.165) is 6.61 Å². The minimum atomic E-state index is -0.127. The largest absolute Gasteiger partial charge is 0.384 e. The van der Waals surface area contributed by atoms with Crippen LogP contribution < -0.4 is 0 Å². The third-order valence-electron chi connectivity index (χ3n) is 2.31. The van der Waals surface area contributed by atoms with Gasteiger partial charge in [0.15, 0.2) is 0 Å². The molecule has 0 bridgehead atoms. The smallest absolute Gasteiger partial charge is 0.0932 e. The maximum absolute atomic E-state index is 5.29. The lowest BCUT2D eigenvalue weighted by atomic mass is 9.87. The van der Waals surface area contributed by atoms with Crippen molar-refractivity contribution in [2.75, 3.05) is 47.8 Å². The van der Waals surface area contributed by atoms with E-state index >= 15 is 0 Å². The van der Waals surface area contributed by atoms with Gasteiger partial charge in [0.25, 0.3) is 0 Å². The Morgan fingerprint density at radius 1 is 1.08 bits per heavy atom. The highest BCUT2D eigenvalue weighted by atomic mass is 16.6. The summed E-state index contributed by atoms with van der Waals surface area (Å²) in [6, 6.07) is 0. The highest BCUT2D eigenvalue weighted by Gasteiger charge is 2.47. The van der Waals surface area contributed by atoms with E-state index in [0.29, 0.717) is 19.8 Å². The van der Waals surface area contributed by atoms with E-state index in [2.05, 4.69) is 0 Å². The van der Waals surface area contributed by atoms with Crippen molar-refractivity contribution in [2.45, 2.75) is 6.10 Å². The number of methoxy groups -OCH3 is 3. The Morgan fingerprint density at radius 2 is 1.46 bits per heavy atom. The predicted octanol–water partition coefficient (Wildman–Crippen LogP) is 0.311. The second-order valence-electron chi connectivity index (χ2n) is 3.48. The molecule has 0 saturated carbocycles. The second kappa shape index (κ2) is 4.91. The predicted molar refractivity (Wildman–Crippen MR) is 47.8 cm³/mol. The Morgan fingerprint density at radius 3 is 1.69 bits per heavy atom. The van der Waals surface area contributed by atoms with Crippen LogP contribution in [0.2, 0.25) is 0 Å². The zero-order valence-corrected chi connectivity index (χ0v) is 8.54. The molecule has 0 aliphatic carbocycles. The van der Waals surface area contributed by atoms with Crippen molar-refractivity contribution >= 4 is 0 Å². The highest BCUT2D eigenvalue weighted by molar-refractivity contribution is 4.93. The summed E-state index contributed by atoms with van der Waals surface area (Å²) in [5.74, 6) is 0. The van der Waals surface area contributed by atoms with Crippen molar-refractivity contribution in [1.82, 2.24) is 0 Å². The standard InChI is InChI=1S/C9H18O4/c1-10-5-9(6-11-2,7-12-3)8-4-13-8/h8H,4-7H2,1-3H3. The van der Waals surface area contributed by atoms with E-state index in [1.165, 1.54) is 0 Å². The molecule has 1 saturated heterocycles. The van der Waals surface area contributed by atoms with Gasteiger partial charge >= 0.3 is 0 Å². The fraction of sp³-hybridized carbons (Fsp3) is 1.00. The van der Waals surface area contributed by atoms with Crippen LogP contribution in [-0.2, 0) is 18.9 Å². The molecule has 1 aliphatic heterocycles. The molecule has 0 amide bonds. The van der Waals surface area contributed by atoms with Crippen molar-refractivity contribution in [2.24, 2.45) is 5.41 Å². The average Bonchev–Trinajstić information content (AvgIpc) is 2.87. The lowest BCUT2D eigenvalue weighted by molar-refractivity contribution is -0.0531. The minimum absolute atomic E-state index is 0.127. The molecule has 1 atom stereocenters. The summed E-state index contributed by atoms with van der Waals surface area (Å²) in [6.45, 7) is 2.62. The first kappa shape index (κ1) is 10.9. The van der Waals surface area contributed by atoms with Crippen LogP contribution in [-0.4, -0.2) is 53.9 Å². The Kier molecular flexibility index (Phi) is 4.12. The monoisotopic (exact) mass is 190 g/mol. The van der Waals surface area contributed by atoms with E-state index in [4.69, 9.17) is 18.9 Å². The fourth-order valence-electron chi connectivity index (χ4n) is 1.67. The normalized spacial score (nSPS) is 21.9. The zero-order chi connectivity index (χ0) is 9.73. The summed E-state index contributed by atoms with van der Waals surface area (Å²) in [6.07, 6.45) is 0.229. The van der Waals surface area contributed by atoms with E-state index in [1.54, 1.807) is 21.3 Å². The van der Waals surface area contributed by atoms with Crippen molar-refractivity contribution < 1.29 is 18.9 Å². The molecule has 1 aliphatic rings. The van der Waals surface area contributed by atoms with Gasteiger partial charge in [0.05, 0.1) is 37.9 Å². The second-order valence-corrected chi connectivity index (χ2v) is 3.48. The number of epoxide rings is 1. The lowest BCUT2D eigenvalue weighted by Gasteiger charge is -2.29. The molecule has 1 fully saturated rings. The van der Waals surface area contributed by atoms with Crippen LogP contribution in [0.4, 0.5) is 0 Å². The van der Waals surface area contributed by atoms with E-state index < -0.39 is 0 Å². The van der Waals surface area contributed by atoms with E-state index in [-0.39, 0.29) is 11.5 Å². The molecule has 0 spiro atoms. The highest BCUT2D eigenvalue weighted by Crippen LogP contribution is 2.34. The molecule has 4 heteroatoms. The Bertz CT molecular complexity index is 128. The third kappa shape index (κ3) is 2.64. The lowest BCUT2D eigenvalue weighted by Crippen LogP contribution is -2.41. The first-order valence-electron chi connectivity index (χ1n) is 4.37. The summed E-state index contributed by atoms with van der Waals surface area (Å²) in [5.41, 5.74) is -0.127. The maximum Gasteiger partial charge on any atom is 0.0932 e. The maximum atomic E-state index is 5.29. The van der Waals surface area contributed by atoms with Crippen molar-refractivity contribution in [3.05, 3.63) is 0 Å². The quantitative estimate of drug-likeness (QED) is 0.542. The van der Waals surface area contributed by atoms with E-state index in [9.17, 15) is 0 Å². The SMILES string of the molecule is COCC(COC)(COC)C1CO1. The molecule has 1 rings (SSSR count). The van der Waals surface area contributed by atoms with Crippen LogP contribution in [0.5, 0.6) is 0 Å². The topological polar surface area (TPSA) is 40.2 Å². The fourth-order valence-corrected chi connectivity index (χ4v) is 1.67. The van der Waals surface area contributed by atoms with Gasteiger partial charge in [-0.15, -0.1) is 0 Å². The van der Waals surface area contributed by atoms with Crippen LogP contribution in [0.3, 0.4) is 0 Å². The summed E-state index contributed by atoms with van der Waals surface area (Å²) in [7, 11) is 5.05. The molecule has 0 aromatic heterocycles.